The molecule has 0 N–H and O–H groups in total. The lowest BCUT2D eigenvalue weighted by molar-refractivity contribution is -0.109. The summed E-state index contributed by atoms with van der Waals surface area (Å²) in [6, 6.07) is 6.06. The maximum Gasteiger partial charge on any atom is 0.243 e. The van der Waals surface area contributed by atoms with Crippen molar-refractivity contribution < 1.29 is 17.9 Å². The van der Waals surface area contributed by atoms with Crippen molar-refractivity contribution in [3.8, 4) is 0 Å². The van der Waals surface area contributed by atoms with Gasteiger partial charge in [0.25, 0.3) is 0 Å². The van der Waals surface area contributed by atoms with Crippen molar-refractivity contribution in [2.45, 2.75) is 44.3 Å². The number of hydrogen-bond donors (Lipinski definition) is 0. The molecule has 0 spiro atoms. The van der Waals surface area contributed by atoms with E-state index in [2.05, 4.69) is 0 Å². The smallest absolute Gasteiger partial charge is 0.243 e. The number of nitrogens with zero attached hydrogens (tertiary/aromatic N) is 1. The molecule has 0 aromatic heterocycles. The van der Waals surface area contributed by atoms with Gasteiger partial charge in [-0.05, 0) is 39.8 Å². The predicted molar refractivity (Wildman–Crippen MR) is 79.8 cm³/mol. The number of benzene rings is 1. The molecule has 1 fully saturated rings. The van der Waals surface area contributed by atoms with Crippen LogP contribution in [-0.2, 0) is 14.8 Å². The van der Waals surface area contributed by atoms with E-state index in [1.807, 2.05) is 20.8 Å². The van der Waals surface area contributed by atoms with E-state index in [0.29, 0.717) is 18.7 Å². The molecule has 6 heteroatoms. The number of ether oxygens (including phenoxy) is 1. The molecule has 1 saturated heterocycles. The van der Waals surface area contributed by atoms with Gasteiger partial charge < -0.3 is 4.74 Å². The fraction of sp³-hybridized carbons (Fsp3) is 0.533. The van der Waals surface area contributed by atoms with Crippen LogP contribution >= 0.6 is 0 Å². The quantitative estimate of drug-likeness (QED) is 0.802. The second-order valence-electron chi connectivity index (χ2n) is 6.07. The first kappa shape index (κ1) is 16.1. The Hall–Kier alpha value is -1.24. The zero-order valence-electron chi connectivity index (χ0n) is 12.8. The Labute approximate surface area is 126 Å². The topological polar surface area (TPSA) is 63.7 Å². The second kappa shape index (κ2) is 5.51. The van der Waals surface area contributed by atoms with Gasteiger partial charge in [-0.15, -0.1) is 0 Å². The SMILES string of the molecule is CC(=O)c1ccc(S(=O)(=O)N2CC(C)OC(C)(C)C2)cc1. The standard InChI is InChI=1S/C15H21NO4S/c1-11-9-16(10-15(3,4)20-11)21(18,19)14-7-5-13(6-8-14)12(2)17/h5-8,11H,9-10H2,1-4H3. The maximum atomic E-state index is 12.7. The summed E-state index contributed by atoms with van der Waals surface area (Å²) >= 11 is 0. The van der Waals surface area contributed by atoms with Crippen molar-refractivity contribution in [1.29, 1.82) is 0 Å². The van der Waals surface area contributed by atoms with Gasteiger partial charge in [-0.2, -0.15) is 4.31 Å². The molecule has 1 unspecified atom stereocenters. The molecule has 2 rings (SSSR count). The number of Topliss-reactive ketones (excluding diaryl/α,β-unsaturated/α-hetero) is 1. The van der Waals surface area contributed by atoms with Crippen LogP contribution in [-0.4, -0.2) is 43.3 Å². The lowest BCUT2D eigenvalue weighted by atomic mass is 10.1. The highest BCUT2D eigenvalue weighted by Crippen LogP contribution is 2.26. The minimum absolute atomic E-state index is 0.0833. The lowest BCUT2D eigenvalue weighted by Crippen LogP contribution is -2.53. The number of carbonyl (C=O) groups excluding carboxylic acids is 1. The largest absolute Gasteiger partial charge is 0.370 e. The van der Waals surface area contributed by atoms with E-state index in [9.17, 15) is 13.2 Å². The number of hydrogen-bond acceptors (Lipinski definition) is 4. The average Bonchev–Trinajstić information content (AvgIpc) is 2.36. The highest BCUT2D eigenvalue weighted by molar-refractivity contribution is 7.89. The third-order valence-corrected chi connectivity index (χ3v) is 5.26. The molecule has 21 heavy (non-hydrogen) atoms. The predicted octanol–water partition coefficient (Wildman–Crippen LogP) is 2.08. The van der Waals surface area contributed by atoms with Crippen molar-refractivity contribution in [3.63, 3.8) is 0 Å². The summed E-state index contributed by atoms with van der Waals surface area (Å²) in [6.45, 7) is 7.72. The first-order valence-corrected chi connectivity index (χ1v) is 8.35. The van der Waals surface area contributed by atoms with Crippen LogP contribution in [0.25, 0.3) is 0 Å². The van der Waals surface area contributed by atoms with E-state index in [1.54, 1.807) is 12.1 Å². The first-order valence-electron chi connectivity index (χ1n) is 6.91. The van der Waals surface area contributed by atoms with Gasteiger partial charge in [0.15, 0.2) is 5.78 Å². The molecule has 0 saturated carbocycles. The van der Waals surface area contributed by atoms with E-state index >= 15 is 0 Å². The van der Waals surface area contributed by atoms with Crippen molar-refractivity contribution in [3.05, 3.63) is 29.8 Å². The van der Waals surface area contributed by atoms with Gasteiger partial charge in [0.05, 0.1) is 16.6 Å². The molecule has 1 aliphatic heterocycles. The summed E-state index contributed by atoms with van der Waals surface area (Å²) in [6.07, 6.45) is -0.153. The summed E-state index contributed by atoms with van der Waals surface area (Å²) in [7, 11) is -3.57. The minimum Gasteiger partial charge on any atom is -0.370 e. The summed E-state index contributed by atoms with van der Waals surface area (Å²) < 4.78 is 32.6. The first-order chi connectivity index (χ1) is 9.62. The van der Waals surface area contributed by atoms with Crippen LogP contribution in [0.1, 0.15) is 38.1 Å². The third-order valence-electron chi connectivity index (χ3n) is 3.44. The summed E-state index contributed by atoms with van der Waals surface area (Å²) in [5, 5.41) is 0. The Morgan fingerprint density at radius 3 is 2.33 bits per heavy atom. The summed E-state index contributed by atoms with van der Waals surface area (Å²) in [4.78, 5) is 11.5. The minimum atomic E-state index is -3.57. The van der Waals surface area contributed by atoms with E-state index in [1.165, 1.54) is 23.4 Å². The molecular weight excluding hydrogens is 290 g/mol. The highest BCUT2D eigenvalue weighted by atomic mass is 32.2. The molecule has 0 bridgehead atoms. The van der Waals surface area contributed by atoms with Crippen LogP contribution in [0.2, 0.25) is 0 Å². The molecule has 0 amide bonds. The molecule has 5 nitrogen and oxygen atoms in total. The summed E-state index contributed by atoms with van der Waals surface area (Å²) in [5.74, 6) is -0.0833. The second-order valence-corrected chi connectivity index (χ2v) is 8.00. The molecular formula is C15H21NO4S. The van der Waals surface area contributed by atoms with Crippen LogP contribution in [0, 0.1) is 0 Å². The van der Waals surface area contributed by atoms with Gasteiger partial charge in [-0.3, -0.25) is 4.79 Å². The number of carbonyl (C=O) groups is 1. The molecule has 0 radical (unpaired) electrons. The monoisotopic (exact) mass is 311 g/mol. The zero-order valence-corrected chi connectivity index (χ0v) is 13.6. The van der Waals surface area contributed by atoms with Gasteiger partial charge >= 0.3 is 0 Å². The van der Waals surface area contributed by atoms with Gasteiger partial charge in [-0.1, -0.05) is 12.1 Å². The molecule has 1 atom stereocenters. The van der Waals surface area contributed by atoms with Gasteiger partial charge in [0, 0.05) is 18.7 Å². The van der Waals surface area contributed by atoms with Crippen LogP contribution in [0.5, 0.6) is 0 Å². The van der Waals surface area contributed by atoms with Crippen molar-refractivity contribution in [2.24, 2.45) is 0 Å². The van der Waals surface area contributed by atoms with Crippen LogP contribution in [0.4, 0.5) is 0 Å². The fourth-order valence-corrected chi connectivity index (χ4v) is 4.25. The molecule has 116 valence electrons. The third kappa shape index (κ3) is 3.51. The van der Waals surface area contributed by atoms with E-state index in [4.69, 9.17) is 4.74 Å². The molecule has 1 aromatic carbocycles. The maximum absolute atomic E-state index is 12.7. The van der Waals surface area contributed by atoms with Crippen LogP contribution < -0.4 is 0 Å². The molecule has 0 aliphatic carbocycles. The number of rotatable bonds is 3. The van der Waals surface area contributed by atoms with E-state index in [0.717, 1.165) is 0 Å². The van der Waals surface area contributed by atoms with Gasteiger partial charge in [0.1, 0.15) is 0 Å². The highest BCUT2D eigenvalue weighted by Gasteiger charge is 2.37. The summed E-state index contributed by atoms with van der Waals surface area (Å²) in [5.41, 5.74) is -0.00558. The van der Waals surface area contributed by atoms with Crippen LogP contribution in [0.15, 0.2) is 29.2 Å². The van der Waals surface area contributed by atoms with Crippen molar-refractivity contribution >= 4 is 15.8 Å². The average molecular weight is 311 g/mol. The molecule has 1 heterocycles. The number of ketones is 1. The Kier molecular flexibility index (Phi) is 4.24. The molecule has 1 aromatic rings. The Balaban J connectivity index is 2.31. The van der Waals surface area contributed by atoms with E-state index < -0.39 is 15.6 Å². The van der Waals surface area contributed by atoms with E-state index in [-0.39, 0.29) is 16.8 Å². The van der Waals surface area contributed by atoms with Gasteiger partial charge in [0.2, 0.25) is 10.0 Å². The van der Waals surface area contributed by atoms with Crippen LogP contribution in [0.3, 0.4) is 0 Å². The Morgan fingerprint density at radius 1 is 1.29 bits per heavy atom. The Morgan fingerprint density at radius 2 is 1.86 bits per heavy atom. The fourth-order valence-electron chi connectivity index (χ4n) is 2.59. The Bertz CT molecular complexity index is 634. The lowest BCUT2D eigenvalue weighted by Gasteiger charge is -2.40. The normalized spacial score (nSPS) is 23.0. The zero-order chi connectivity index (χ0) is 15.8. The van der Waals surface area contributed by atoms with Gasteiger partial charge in [-0.25, -0.2) is 8.42 Å². The van der Waals surface area contributed by atoms with Crippen molar-refractivity contribution in [2.75, 3.05) is 13.1 Å². The molecule has 1 aliphatic rings. The number of morpholine rings is 1. The number of sulfonamides is 1. The van der Waals surface area contributed by atoms with Crippen molar-refractivity contribution in [1.82, 2.24) is 4.31 Å².